The number of likely N-dealkylation sites (tertiary alicyclic amines) is 1. The molecule has 1 fully saturated rings. The zero-order valence-corrected chi connectivity index (χ0v) is 17.8. The van der Waals surface area contributed by atoms with E-state index in [2.05, 4.69) is 5.10 Å². The molecule has 2 aliphatic rings. The zero-order chi connectivity index (χ0) is 22.6. The van der Waals surface area contributed by atoms with Gasteiger partial charge in [-0.25, -0.2) is 18.3 Å². The molecule has 0 aliphatic carbocycles. The van der Waals surface area contributed by atoms with Crippen molar-refractivity contribution in [2.45, 2.75) is 25.7 Å². The number of amides is 1. The quantitative estimate of drug-likeness (QED) is 0.614. The molecular weight excluding hydrogens is 418 g/mol. The number of pyridine rings is 1. The lowest BCUT2D eigenvalue weighted by atomic mass is 9.91. The van der Waals surface area contributed by atoms with Crippen molar-refractivity contribution in [2.24, 2.45) is 7.05 Å². The number of ether oxygens (including phenoxy) is 1. The van der Waals surface area contributed by atoms with Crippen molar-refractivity contribution in [3.05, 3.63) is 69.3 Å². The zero-order valence-electron chi connectivity index (χ0n) is 17.8. The number of hydrogen-bond acceptors (Lipinski definition) is 4. The van der Waals surface area contributed by atoms with Crippen molar-refractivity contribution in [2.75, 3.05) is 19.7 Å². The van der Waals surface area contributed by atoms with E-state index in [1.54, 1.807) is 25.4 Å². The Kier molecular flexibility index (Phi) is 4.65. The Hall–Kier alpha value is -3.49. The van der Waals surface area contributed by atoms with Gasteiger partial charge in [0.1, 0.15) is 12.4 Å². The van der Waals surface area contributed by atoms with Crippen molar-refractivity contribution in [1.29, 1.82) is 0 Å². The molecule has 3 aromatic rings. The van der Waals surface area contributed by atoms with Gasteiger partial charge in [-0.3, -0.25) is 9.20 Å². The van der Waals surface area contributed by atoms with Crippen LogP contribution in [0, 0.1) is 0 Å². The standard InChI is InChI=1S/C23H22F2N4O3/c1-14-13-32-18-11-16(21(30)28-9-6-23(24,25)7-10-28)3-4-17(18)20(14)15-5-8-29-19(12-15)26-27(2)22(29)31/h3-5,8,11-12H,6-7,9-10,13H2,1-2H3. The molecule has 166 valence electrons. The number of aromatic nitrogens is 3. The number of carbonyl (C=O) groups is 1. The summed E-state index contributed by atoms with van der Waals surface area (Å²) in [7, 11) is 1.60. The van der Waals surface area contributed by atoms with E-state index in [9.17, 15) is 18.4 Å². The Morgan fingerprint density at radius 2 is 1.91 bits per heavy atom. The minimum Gasteiger partial charge on any atom is -0.489 e. The second-order valence-electron chi connectivity index (χ2n) is 8.35. The SMILES string of the molecule is CC1=C(c2ccn3c(=O)n(C)nc3c2)c2ccc(C(=O)N3CCC(F)(F)CC3)cc2OC1. The molecule has 1 amide bonds. The number of piperidine rings is 1. The highest BCUT2D eigenvalue weighted by atomic mass is 19.3. The second-order valence-corrected chi connectivity index (χ2v) is 8.35. The van der Waals surface area contributed by atoms with Gasteiger partial charge in [0, 0.05) is 50.3 Å². The van der Waals surface area contributed by atoms with Gasteiger partial charge in [-0.2, -0.15) is 5.10 Å². The molecule has 4 heterocycles. The predicted octanol–water partition coefficient (Wildman–Crippen LogP) is 3.12. The Labute approximate surface area is 182 Å². The van der Waals surface area contributed by atoms with Gasteiger partial charge in [0.15, 0.2) is 5.65 Å². The summed E-state index contributed by atoms with van der Waals surface area (Å²) < 4.78 is 35.5. The maximum Gasteiger partial charge on any atom is 0.350 e. The van der Waals surface area contributed by atoms with E-state index in [-0.39, 0.29) is 37.5 Å². The highest BCUT2D eigenvalue weighted by molar-refractivity contribution is 5.96. The van der Waals surface area contributed by atoms with Gasteiger partial charge in [0.2, 0.25) is 0 Å². The number of alkyl halides is 2. The van der Waals surface area contributed by atoms with Crippen molar-refractivity contribution >= 4 is 17.1 Å². The molecule has 0 unspecified atom stereocenters. The predicted molar refractivity (Wildman–Crippen MR) is 114 cm³/mol. The van der Waals surface area contributed by atoms with Gasteiger partial charge in [-0.05, 0) is 54.0 Å². The molecule has 2 aromatic heterocycles. The monoisotopic (exact) mass is 440 g/mol. The van der Waals surface area contributed by atoms with Crippen molar-refractivity contribution in [3.63, 3.8) is 0 Å². The van der Waals surface area contributed by atoms with Crippen LogP contribution in [0.5, 0.6) is 5.75 Å². The molecular formula is C23H22F2N4O3. The molecule has 1 aromatic carbocycles. The summed E-state index contributed by atoms with van der Waals surface area (Å²) in [6, 6.07) is 8.92. The lowest BCUT2D eigenvalue weighted by molar-refractivity contribution is -0.0494. The van der Waals surface area contributed by atoms with Crippen molar-refractivity contribution < 1.29 is 18.3 Å². The molecule has 7 nitrogen and oxygen atoms in total. The first-order chi connectivity index (χ1) is 15.2. The first-order valence-corrected chi connectivity index (χ1v) is 10.4. The third-order valence-corrected chi connectivity index (χ3v) is 6.11. The Morgan fingerprint density at radius 1 is 1.16 bits per heavy atom. The van der Waals surface area contributed by atoms with Crippen LogP contribution in [0.4, 0.5) is 8.78 Å². The van der Waals surface area contributed by atoms with Gasteiger partial charge < -0.3 is 9.64 Å². The molecule has 2 aliphatic heterocycles. The first-order valence-electron chi connectivity index (χ1n) is 10.4. The van der Waals surface area contributed by atoms with E-state index in [4.69, 9.17) is 4.74 Å². The number of fused-ring (bicyclic) bond motifs is 2. The summed E-state index contributed by atoms with van der Waals surface area (Å²) in [4.78, 5) is 26.4. The Balaban J connectivity index is 1.48. The van der Waals surface area contributed by atoms with E-state index in [0.29, 0.717) is 23.6 Å². The highest BCUT2D eigenvalue weighted by Gasteiger charge is 2.36. The molecule has 0 atom stereocenters. The molecule has 32 heavy (non-hydrogen) atoms. The molecule has 0 radical (unpaired) electrons. The number of carbonyl (C=O) groups excluding carboxylic acids is 1. The van der Waals surface area contributed by atoms with Crippen LogP contribution in [0.15, 0.2) is 46.9 Å². The van der Waals surface area contributed by atoms with E-state index in [0.717, 1.165) is 22.3 Å². The van der Waals surface area contributed by atoms with Crippen LogP contribution in [-0.4, -0.2) is 50.6 Å². The number of rotatable bonds is 2. The van der Waals surface area contributed by atoms with Crippen LogP contribution in [0.2, 0.25) is 0 Å². The van der Waals surface area contributed by atoms with E-state index < -0.39 is 5.92 Å². The van der Waals surface area contributed by atoms with Crippen LogP contribution in [0.3, 0.4) is 0 Å². The maximum absolute atomic E-state index is 13.4. The Bertz CT molecular complexity index is 1330. The maximum atomic E-state index is 13.4. The Morgan fingerprint density at radius 3 is 2.66 bits per heavy atom. The fourth-order valence-corrected chi connectivity index (χ4v) is 4.33. The summed E-state index contributed by atoms with van der Waals surface area (Å²) in [6.07, 6.45) is 1.07. The fraction of sp³-hybridized carbons (Fsp3) is 0.348. The second kappa shape index (κ2) is 7.29. The summed E-state index contributed by atoms with van der Waals surface area (Å²) in [5.74, 6) is -2.40. The van der Waals surface area contributed by atoms with E-state index in [1.807, 2.05) is 25.1 Å². The molecule has 0 bridgehead atoms. The van der Waals surface area contributed by atoms with Gasteiger partial charge >= 0.3 is 5.69 Å². The molecule has 9 heteroatoms. The van der Waals surface area contributed by atoms with Gasteiger partial charge in [-0.15, -0.1) is 0 Å². The third-order valence-electron chi connectivity index (χ3n) is 6.11. The van der Waals surface area contributed by atoms with Gasteiger partial charge in [-0.1, -0.05) is 0 Å². The number of benzene rings is 1. The lowest BCUT2D eigenvalue weighted by Gasteiger charge is -2.32. The molecule has 0 saturated carbocycles. The third kappa shape index (κ3) is 3.37. The number of halogens is 2. The topological polar surface area (TPSA) is 68.8 Å². The number of hydrogen-bond donors (Lipinski definition) is 0. The summed E-state index contributed by atoms with van der Waals surface area (Å²) >= 11 is 0. The first kappa shape index (κ1) is 20.4. The van der Waals surface area contributed by atoms with Crippen LogP contribution >= 0.6 is 0 Å². The van der Waals surface area contributed by atoms with Crippen molar-refractivity contribution in [3.8, 4) is 5.75 Å². The average molecular weight is 440 g/mol. The van der Waals surface area contributed by atoms with Crippen LogP contribution in [0.1, 0.15) is 41.3 Å². The van der Waals surface area contributed by atoms with Crippen molar-refractivity contribution in [1.82, 2.24) is 19.1 Å². The molecule has 0 N–H and O–H groups in total. The highest BCUT2D eigenvalue weighted by Crippen LogP contribution is 2.38. The fourth-order valence-electron chi connectivity index (χ4n) is 4.33. The largest absolute Gasteiger partial charge is 0.489 e. The molecule has 5 rings (SSSR count). The van der Waals surface area contributed by atoms with Crippen LogP contribution in [0.25, 0.3) is 11.2 Å². The van der Waals surface area contributed by atoms with Crippen LogP contribution < -0.4 is 10.4 Å². The smallest absolute Gasteiger partial charge is 0.350 e. The lowest BCUT2D eigenvalue weighted by Crippen LogP contribution is -2.42. The number of nitrogens with zero attached hydrogens (tertiary/aromatic N) is 4. The van der Waals surface area contributed by atoms with Gasteiger partial charge in [0.25, 0.3) is 11.8 Å². The minimum absolute atomic E-state index is 0.0392. The van der Waals surface area contributed by atoms with E-state index >= 15 is 0 Å². The summed E-state index contributed by atoms with van der Waals surface area (Å²) in [5.41, 5.74) is 4.43. The number of aryl methyl sites for hydroxylation is 1. The van der Waals surface area contributed by atoms with Gasteiger partial charge in [0.05, 0.1) is 0 Å². The average Bonchev–Trinajstić information content (AvgIpc) is 3.05. The summed E-state index contributed by atoms with van der Waals surface area (Å²) in [5, 5.41) is 4.26. The molecule has 1 saturated heterocycles. The minimum atomic E-state index is -2.70. The van der Waals surface area contributed by atoms with E-state index in [1.165, 1.54) is 14.0 Å². The van der Waals surface area contributed by atoms with Crippen LogP contribution in [-0.2, 0) is 7.05 Å². The summed E-state index contributed by atoms with van der Waals surface area (Å²) in [6.45, 7) is 2.41. The normalized spacial score (nSPS) is 17.9. The molecule has 0 spiro atoms.